The van der Waals surface area contributed by atoms with Gasteiger partial charge in [0.1, 0.15) is 5.60 Å². The first-order chi connectivity index (χ1) is 4.98. The Balaban J connectivity index is 4.06. The maximum Gasteiger partial charge on any atom is 0.141 e. The van der Waals surface area contributed by atoms with Crippen LogP contribution in [0.5, 0.6) is 0 Å². The number of hydrogen-bond acceptors (Lipinski definition) is 1. The molecule has 0 bridgehead atoms. The lowest BCUT2D eigenvalue weighted by atomic mass is 10.1. The van der Waals surface area contributed by atoms with Gasteiger partial charge in [0.2, 0.25) is 0 Å². The minimum atomic E-state index is -1.06. The second-order valence-corrected chi connectivity index (χ2v) is 2.79. The lowest BCUT2D eigenvalue weighted by Gasteiger charge is -2.07. The third kappa shape index (κ3) is 5.44. The topological polar surface area (TPSA) is 20.2 Å². The highest BCUT2D eigenvalue weighted by Gasteiger charge is 2.08. The second-order valence-electron chi connectivity index (χ2n) is 2.79. The Kier molecular flexibility index (Phi) is 3.64. The van der Waals surface area contributed by atoms with Crippen molar-refractivity contribution < 1.29 is 5.11 Å². The van der Waals surface area contributed by atoms with E-state index in [2.05, 4.69) is 25.0 Å². The summed E-state index contributed by atoms with van der Waals surface area (Å²) >= 11 is 0. The van der Waals surface area contributed by atoms with Crippen LogP contribution in [0.1, 0.15) is 20.3 Å². The van der Waals surface area contributed by atoms with E-state index in [9.17, 15) is 5.11 Å². The molecule has 0 saturated heterocycles. The molecule has 60 valence electrons. The molecular formula is C10H14O. The fraction of sp³-hybridized carbons (Fsp3) is 0.400. The first kappa shape index (κ1) is 10.0. The molecule has 0 fully saturated rings. The summed E-state index contributed by atoms with van der Waals surface area (Å²) in [5.41, 5.74) is -0.0625. The van der Waals surface area contributed by atoms with Crippen LogP contribution in [-0.2, 0) is 0 Å². The Bertz CT molecular complexity index is 213. The minimum Gasteiger partial charge on any atom is -0.374 e. The molecule has 0 aliphatic rings. The molecule has 1 nitrogen and oxygen atoms in total. The van der Waals surface area contributed by atoms with Crippen molar-refractivity contribution in [2.75, 3.05) is 0 Å². The van der Waals surface area contributed by atoms with Gasteiger partial charge in [-0.15, -0.1) is 0 Å². The van der Waals surface area contributed by atoms with Gasteiger partial charge in [0.25, 0.3) is 0 Å². The number of rotatable bonds is 2. The summed E-state index contributed by atoms with van der Waals surface area (Å²) in [5, 5.41) is 9.31. The molecule has 0 amide bonds. The normalized spacial score (nSPS) is 14.1. The molecule has 0 aromatic rings. The summed E-state index contributed by atoms with van der Waals surface area (Å²) in [7, 11) is 0. The van der Waals surface area contributed by atoms with Gasteiger partial charge in [-0.05, 0) is 19.9 Å². The Hall–Kier alpha value is -1.00. The molecule has 0 rings (SSSR count). The summed E-state index contributed by atoms with van der Waals surface area (Å²) in [6.45, 7) is 10.6. The largest absolute Gasteiger partial charge is 0.374 e. The van der Waals surface area contributed by atoms with Crippen molar-refractivity contribution in [3.8, 4) is 11.8 Å². The van der Waals surface area contributed by atoms with Gasteiger partial charge in [0.05, 0.1) is 0 Å². The predicted molar refractivity (Wildman–Crippen MR) is 48.0 cm³/mol. The van der Waals surface area contributed by atoms with Crippen LogP contribution in [0.3, 0.4) is 0 Å². The lowest BCUT2D eigenvalue weighted by molar-refractivity contribution is 0.174. The maximum absolute atomic E-state index is 9.31. The van der Waals surface area contributed by atoms with Crippen LogP contribution in [-0.4, -0.2) is 10.7 Å². The second kappa shape index (κ2) is 4.00. The van der Waals surface area contributed by atoms with Crippen LogP contribution in [0.15, 0.2) is 24.8 Å². The smallest absolute Gasteiger partial charge is 0.141 e. The molecular weight excluding hydrogens is 136 g/mol. The van der Waals surface area contributed by atoms with Crippen LogP contribution in [0, 0.1) is 11.8 Å². The fourth-order valence-corrected chi connectivity index (χ4v) is 0.425. The monoisotopic (exact) mass is 150 g/mol. The van der Waals surface area contributed by atoms with E-state index in [1.54, 1.807) is 6.92 Å². The average Bonchev–Trinajstić information content (AvgIpc) is 1.87. The van der Waals surface area contributed by atoms with Gasteiger partial charge >= 0.3 is 0 Å². The Labute approximate surface area is 68.4 Å². The van der Waals surface area contributed by atoms with E-state index in [-0.39, 0.29) is 0 Å². The van der Waals surface area contributed by atoms with Crippen LogP contribution in [0.4, 0.5) is 0 Å². The zero-order valence-corrected chi connectivity index (χ0v) is 7.15. The van der Waals surface area contributed by atoms with E-state index in [0.717, 1.165) is 5.57 Å². The molecule has 0 aliphatic heterocycles. The van der Waals surface area contributed by atoms with Gasteiger partial charge in [0.15, 0.2) is 0 Å². The van der Waals surface area contributed by atoms with E-state index >= 15 is 0 Å². The van der Waals surface area contributed by atoms with Crippen LogP contribution in [0.25, 0.3) is 0 Å². The van der Waals surface area contributed by atoms with Crippen molar-refractivity contribution >= 4 is 0 Å². The first-order valence-electron chi connectivity index (χ1n) is 3.48. The Morgan fingerprint density at radius 3 is 2.64 bits per heavy atom. The zero-order chi connectivity index (χ0) is 8.91. The van der Waals surface area contributed by atoms with Crippen molar-refractivity contribution in [3.05, 3.63) is 24.8 Å². The van der Waals surface area contributed by atoms with Gasteiger partial charge in [-0.2, -0.15) is 0 Å². The molecule has 0 radical (unpaired) electrons. The summed E-state index contributed by atoms with van der Waals surface area (Å²) < 4.78 is 0. The Morgan fingerprint density at radius 1 is 1.73 bits per heavy atom. The van der Waals surface area contributed by atoms with Gasteiger partial charge < -0.3 is 5.11 Å². The quantitative estimate of drug-likeness (QED) is 0.471. The highest BCUT2D eigenvalue weighted by atomic mass is 16.3. The van der Waals surface area contributed by atoms with E-state index in [0.29, 0.717) is 6.42 Å². The van der Waals surface area contributed by atoms with E-state index in [1.165, 1.54) is 6.08 Å². The molecule has 0 aromatic heterocycles. The predicted octanol–water partition coefficient (Wildman–Crippen LogP) is 1.89. The van der Waals surface area contributed by atoms with Crippen molar-refractivity contribution in [3.63, 3.8) is 0 Å². The van der Waals surface area contributed by atoms with Gasteiger partial charge in [-0.1, -0.05) is 30.6 Å². The SMILES string of the molecule is C=CC(C)(O)C#CCC(=C)C. The lowest BCUT2D eigenvalue weighted by Crippen LogP contribution is -2.16. The molecule has 1 heteroatoms. The number of allylic oxidation sites excluding steroid dienone is 1. The molecule has 0 aromatic carbocycles. The zero-order valence-electron chi connectivity index (χ0n) is 7.15. The summed E-state index contributed by atoms with van der Waals surface area (Å²) in [6.07, 6.45) is 2.04. The summed E-state index contributed by atoms with van der Waals surface area (Å²) in [4.78, 5) is 0. The highest BCUT2D eigenvalue weighted by molar-refractivity contribution is 5.21. The molecule has 1 atom stereocenters. The Morgan fingerprint density at radius 2 is 2.27 bits per heavy atom. The van der Waals surface area contributed by atoms with Crippen LogP contribution >= 0.6 is 0 Å². The third-order valence-corrected chi connectivity index (χ3v) is 1.13. The van der Waals surface area contributed by atoms with E-state index in [1.807, 2.05) is 6.92 Å². The van der Waals surface area contributed by atoms with Crippen molar-refractivity contribution in [1.29, 1.82) is 0 Å². The van der Waals surface area contributed by atoms with Gasteiger partial charge in [-0.3, -0.25) is 0 Å². The molecule has 11 heavy (non-hydrogen) atoms. The van der Waals surface area contributed by atoms with Crippen LogP contribution in [0.2, 0.25) is 0 Å². The molecule has 0 saturated carbocycles. The van der Waals surface area contributed by atoms with Crippen molar-refractivity contribution in [2.45, 2.75) is 25.9 Å². The molecule has 1 unspecified atom stereocenters. The summed E-state index contributed by atoms with van der Waals surface area (Å²) in [6, 6.07) is 0. The third-order valence-electron chi connectivity index (χ3n) is 1.13. The molecule has 0 aliphatic carbocycles. The molecule has 0 spiro atoms. The van der Waals surface area contributed by atoms with E-state index < -0.39 is 5.60 Å². The van der Waals surface area contributed by atoms with Crippen molar-refractivity contribution in [2.24, 2.45) is 0 Å². The molecule has 0 heterocycles. The first-order valence-corrected chi connectivity index (χ1v) is 3.48. The van der Waals surface area contributed by atoms with Crippen molar-refractivity contribution in [1.82, 2.24) is 0 Å². The molecule has 1 N–H and O–H groups in total. The number of hydrogen-bond donors (Lipinski definition) is 1. The maximum atomic E-state index is 9.31. The highest BCUT2D eigenvalue weighted by Crippen LogP contribution is 2.01. The van der Waals surface area contributed by atoms with Crippen LogP contribution < -0.4 is 0 Å². The van der Waals surface area contributed by atoms with Gasteiger partial charge in [-0.25, -0.2) is 0 Å². The minimum absolute atomic E-state index is 0.629. The fourth-order valence-electron chi connectivity index (χ4n) is 0.425. The average molecular weight is 150 g/mol. The summed E-state index contributed by atoms with van der Waals surface area (Å²) in [5.74, 6) is 5.47. The number of aliphatic hydroxyl groups is 1. The van der Waals surface area contributed by atoms with E-state index in [4.69, 9.17) is 0 Å². The standard InChI is InChI=1S/C10H14O/c1-5-10(4,11)8-6-7-9(2)3/h5,11H,1-2,7H2,3-4H3. The van der Waals surface area contributed by atoms with Gasteiger partial charge in [0, 0.05) is 6.42 Å².